The van der Waals surface area contributed by atoms with Crippen LogP contribution in [0.3, 0.4) is 0 Å². The molecule has 5 nitrogen and oxygen atoms in total. The molecule has 2 fully saturated rings. The minimum atomic E-state index is -0.767. The van der Waals surface area contributed by atoms with Crippen molar-refractivity contribution >= 4 is 12.0 Å². The highest BCUT2D eigenvalue weighted by Gasteiger charge is 2.39. The second-order valence-electron chi connectivity index (χ2n) is 6.79. The zero-order valence-corrected chi connectivity index (χ0v) is 12.8. The Balaban J connectivity index is 1.72. The standard InChI is InChI=1S/C16H28N2O3/c19-14(20)11-16(9-6-10-16)12-17-15(21)18-13-7-4-2-1-3-5-8-13/h13H,1-12H2,(H,19,20)(H2,17,18,21). The molecule has 0 aromatic rings. The monoisotopic (exact) mass is 296 g/mol. The maximum atomic E-state index is 12.0. The molecule has 2 aliphatic carbocycles. The molecular formula is C16H28N2O3. The molecule has 0 heterocycles. The van der Waals surface area contributed by atoms with Gasteiger partial charge in [0.15, 0.2) is 0 Å². The minimum Gasteiger partial charge on any atom is -0.481 e. The van der Waals surface area contributed by atoms with Crippen LogP contribution in [0.4, 0.5) is 4.79 Å². The molecule has 0 spiro atoms. The fraction of sp³-hybridized carbons (Fsp3) is 0.875. The van der Waals surface area contributed by atoms with Crippen molar-refractivity contribution in [2.24, 2.45) is 5.41 Å². The van der Waals surface area contributed by atoms with Crippen LogP contribution in [0.1, 0.15) is 70.6 Å². The maximum absolute atomic E-state index is 12.0. The Hall–Kier alpha value is -1.26. The number of amides is 2. The highest BCUT2D eigenvalue weighted by atomic mass is 16.4. The number of nitrogens with one attached hydrogen (secondary N) is 2. The summed E-state index contributed by atoms with van der Waals surface area (Å²) in [6.07, 6.45) is 11.4. The number of hydrogen-bond acceptors (Lipinski definition) is 2. The number of carboxylic acids is 1. The van der Waals surface area contributed by atoms with Gasteiger partial charge in [-0.2, -0.15) is 0 Å². The van der Waals surface area contributed by atoms with Crippen molar-refractivity contribution < 1.29 is 14.7 Å². The van der Waals surface area contributed by atoms with E-state index < -0.39 is 5.97 Å². The maximum Gasteiger partial charge on any atom is 0.315 e. The number of carboxylic acid groups (broad SMARTS) is 1. The van der Waals surface area contributed by atoms with Gasteiger partial charge in [0.05, 0.1) is 6.42 Å². The second-order valence-corrected chi connectivity index (χ2v) is 6.79. The van der Waals surface area contributed by atoms with Crippen molar-refractivity contribution in [1.29, 1.82) is 0 Å². The molecule has 0 unspecified atom stereocenters. The van der Waals surface area contributed by atoms with Crippen molar-refractivity contribution in [3.8, 4) is 0 Å². The van der Waals surface area contributed by atoms with Crippen LogP contribution in [0.2, 0.25) is 0 Å². The Morgan fingerprint density at radius 3 is 2.14 bits per heavy atom. The zero-order valence-electron chi connectivity index (χ0n) is 12.8. The second kappa shape index (κ2) is 7.66. The summed E-state index contributed by atoms with van der Waals surface area (Å²) in [5.41, 5.74) is -0.204. The smallest absolute Gasteiger partial charge is 0.315 e. The zero-order chi connectivity index (χ0) is 15.1. The van der Waals surface area contributed by atoms with E-state index in [-0.39, 0.29) is 23.9 Å². The summed E-state index contributed by atoms with van der Waals surface area (Å²) in [6, 6.07) is 0.152. The van der Waals surface area contributed by atoms with Gasteiger partial charge in [0.1, 0.15) is 0 Å². The van der Waals surface area contributed by atoms with E-state index >= 15 is 0 Å². The molecule has 0 radical (unpaired) electrons. The third kappa shape index (κ3) is 5.21. The van der Waals surface area contributed by atoms with Crippen LogP contribution < -0.4 is 10.6 Å². The predicted octanol–water partition coefficient (Wildman–Crippen LogP) is 3.04. The summed E-state index contributed by atoms with van der Waals surface area (Å²) >= 11 is 0. The molecule has 0 bridgehead atoms. The molecule has 3 N–H and O–H groups in total. The van der Waals surface area contributed by atoms with E-state index in [1.165, 1.54) is 32.1 Å². The topological polar surface area (TPSA) is 78.4 Å². The quantitative estimate of drug-likeness (QED) is 0.729. The Kier molecular flexibility index (Phi) is 5.88. The Labute approximate surface area is 126 Å². The van der Waals surface area contributed by atoms with Gasteiger partial charge in [-0.25, -0.2) is 4.79 Å². The van der Waals surface area contributed by atoms with Crippen molar-refractivity contribution in [1.82, 2.24) is 10.6 Å². The Morgan fingerprint density at radius 1 is 1.00 bits per heavy atom. The molecule has 5 heteroatoms. The van der Waals surface area contributed by atoms with Crippen LogP contribution in [-0.2, 0) is 4.79 Å². The fourth-order valence-corrected chi connectivity index (χ4v) is 3.52. The van der Waals surface area contributed by atoms with Gasteiger partial charge in [-0.05, 0) is 31.1 Å². The van der Waals surface area contributed by atoms with Crippen LogP contribution >= 0.6 is 0 Å². The van der Waals surface area contributed by atoms with E-state index in [0.717, 1.165) is 32.1 Å². The molecular weight excluding hydrogens is 268 g/mol. The van der Waals surface area contributed by atoms with Crippen molar-refractivity contribution in [2.45, 2.75) is 76.7 Å². The van der Waals surface area contributed by atoms with E-state index in [0.29, 0.717) is 6.54 Å². The lowest BCUT2D eigenvalue weighted by Gasteiger charge is -2.40. The number of aliphatic carboxylic acids is 1. The number of carbonyl (C=O) groups is 2. The number of hydrogen-bond donors (Lipinski definition) is 3. The summed E-state index contributed by atoms with van der Waals surface area (Å²) in [5.74, 6) is -0.767. The fourth-order valence-electron chi connectivity index (χ4n) is 3.52. The molecule has 120 valence electrons. The summed E-state index contributed by atoms with van der Waals surface area (Å²) in [4.78, 5) is 22.9. The van der Waals surface area contributed by atoms with Gasteiger partial charge in [0, 0.05) is 12.6 Å². The first kappa shape index (κ1) is 16.1. The molecule has 0 aromatic heterocycles. The van der Waals surface area contributed by atoms with Crippen LogP contribution in [0, 0.1) is 5.41 Å². The van der Waals surface area contributed by atoms with Crippen LogP contribution in [0.25, 0.3) is 0 Å². The molecule has 0 saturated heterocycles. The van der Waals surface area contributed by atoms with Gasteiger partial charge in [0.2, 0.25) is 0 Å². The molecule has 0 aliphatic heterocycles. The van der Waals surface area contributed by atoms with E-state index in [1.807, 2.05) is 0 Å². The van der Waals surface area contributed by atoms with Gasteiger partial charge in [-0.1, -0.05) is 38.5 Å². The van der Waals surface area contributed by atoms with E-state index in [9.17, 15) is 9.59 Å². The number of urea groups is 1. The minimum absolute atomic E-state index is 0.128. The average molecular weight is 296 g/mol. The van der Waals surface area contributed by atoms with Gasteiger partial charge >= 0.3 is 12.0 Å². The van der Waals surface area contributed by atoms with Gasteiger partial charge in [0.25, 0.3) is 0 Å². The highest BCUT2D eigenvalue weighted by molar-refractivity contribution is 5.74. The average Bonchev–Trinajstić information content (AvgIpc) is 2.35. The lowest BCUT2D eigenvalue weighted by atomic mass is 9.66. The lowest BCUT2D eigenvalue weighted by Crippen LogP contribution is -2.48. The summed E-state index contributed by atoms with van der Waals surface area (Å²) < 4.78 is 0. The first-order chi connectivity index (χ1) is 10.1. The third-order valence-corrected chi connectivity index (χ3v) is 5.00. The van der Waals surface area contributed by atoms with Gasteiger partial charge in [-0.15, -0.1) is 0 Å². The first-order valence-corrected chi connectivity index (χ1v) is 8.36. The molecule has 0 aromatic carbocycles. The first-order valence-electron chi connectivity index (χ1n) is 8.36. The van der Waals surface area contributed by atoms with Gasteiger partial charge < -0.3 is 15.7 Å². The Bertz CT molecular complexity index is 359. The third-order valence-electron chi connectivity index (χ3n) is 5.00. The van der Waals surface area contributed by atoms with Crippen LogP contribution in [-0.4, -0.2) is 29.7 Å². The van der Waals surface area contributed by atoms with Crippen molar-refractivity contribution in [2.75, 3.05) is 6.54 Å². The predicted molar refractivity (Wildman–Crippen MR) is 81.2 cm³/mol. The lowest BCUT2D eigenvalue weighted by molar-refractivity contribution is -0.141. The summed E-state index contributed by atoms with van der Waals surface area (Å²) in [7, 11) is 0. The molecule has 2 saturated carbocycles. The molecule has 2 rings (SSSR count). The number of carbonyl (C=O) groups excluding carboxylic acids is 1. The molecule has 2 aliphatic rings. The molecule has 21 heavy (non-hydrogen) atoms. The molecule has 2 amide bonds. The van der Waals surface area contributed by atoms with E-state index in [4.69, 9.17) is 5.11 Å². The van der Waals surface area contributed by atoms with Crippen LogP contribution in [0.5, 0.6) is 0 Å². The highest BCUT2D eigenvalue weighted by Crippen LogP contribution is 2.43. The SMILES string of the molecule is O=C(O)CC1(CNC(=O)NC2CCCCCCC2)CCC1. The van der Waals surface area contributed by atoms with Crippen molar-refractivity contribution in [3.63, 3.8) is 0 Å². The summed E-state index contributed by atoms with van der Waals surface area (Å²) in [6.45, 7) is 0.484. The summed E-state index contributed by atoms with van der Waals surface area (Å²) in [5, 5.41) is 14.9. The number of rotatable bonds is 5. The van der Waals surface area contributed by atoms with E-state index in [2.05, 4.69) is 10.6 Å². The van der Waals surface area contributed by atoms with E-state index in [1.54, 1.807) is 0 Å². The Morgan fingerprint density at radius 2 is 1.62 bits per heavy atom. The van der Waals surface area contributed by atoms with Crippen molar-refractivity contribution in [3.05, 3.63) is 0 Å². The molecule has 0 atom stereocenters. The normalized spacial score (nSPS) is 22.5. The van der Waals surface area contributed by atoms with Crippen LogP contribution in [0.15, 0.2) is 0 Å². The largest absolute Gasteiger partial charge is 0.481 e. The van der Waals surface area contributed by atoms with Gasteiger partial charge in [-0.3, -0.25) is 4.79 Å².